The molecule has 2 unspecified atom stereocenters. The molecule has 3 aromatic rings. The topological polar surface area (TPSA) is 12.0 Å². The van der Waals surface area contributed by atoms with Crippen molar-refractivity contribution in [2.45, 2.75) is 57.7 Å². The summed E-state index contributed by atoms with van der Waals surface area (Å²) in [5.41, 5.74) is 8.01. The van der Waals surface area contributed by atoms with Gasteiger partial charge in [0.05, 0.1) is 0 Å². The van der Waals surface area contributed by atoms with Crippen molar-refractivity contribution < 1.29 is 14.6 Å². The van der Waals surface area contributed by atoms with Gasteiger partial charge in [0, 0.05) is 0 Å². The van der Waals surface area contributed by atoms with Crippen LogP contribution in [0.3, 0.4) is 0 Å². The molecule has 0 heterocycles. The summed E-state index contributed by atoms with van der Waals surface area (Å²) in [6.07, 6.45) is 4.52. The quantitative estimate of drug-likeness (QED) is 0.290. The second-order valence-electron chi connectivity index (χ2n) is 12.8. The molecule has 5 aliphatic rings. The Morgan fingerprint density at radius 3 is 1.55 bits per heavy atom. The number of hydrogen-bond acceptors (Lipinski definition) is 1. The fourth-order valence-corrected chi connectivity index (χ4v) is 36.8. The molecule has 2 atom stereocenters. The molecule has 5 aliphatic carbocycles. The molecule has 3 aromatic carbocycles. The van der Waals surface area contributed by atoms with Crippen LogP contribution >= 0.6 is 0 Å². The van der Waals surface area contributed by atoms with Gasteiger partial charge >= 0.3 is 168 Å². The summed E-state index contributed by atoms with van der Waals surface area (Å²) in [7, 11) is 0. The molecule has 1 N–H and O–H groups in total. The van der Waals surface area contributed by atoms with Crippen LogP contribution in [0.5, 0.6) is 0 Å². The van der Waals surface area contributed by atoms with Crippen LogP contribution in [0, 0.1) is 23.7 Å². The Morgan fingerprint density at radius 2 is 1.13 bits per heavy atom. The fourth-order valence-electron chi connectivity index (χ4n) is 8.50. The van der Waals surface area contributed by atoms with Gasteiger partial charge < -0.3 is 0 Å². The van der Waals surface area contributed by atoms with E-state index in [1.54, 1.807) is 21.1 Å². The molecule has 4 bridgehead atoms. The third-order valence-corrected chi connectivity index (χ3v) is 32.5. The molecule has 0 spiro atoms. The maximum Gasteiger partial charge on any atom is -0.0184 e. The Hall–Kier alpha value is -1.64. The minimum absolute atomic E-state index is 0.548. The van der Waals surface area contributed by atoms with E-state index in [1.165, 1.54) is 30.4 Å². The summed E-state index contributed by atoms with van der Waals surface area (Å²) >= 11 is -3.10. The smallest absolute Gasteiger partial charge is 0.0184 e. The third kappa shape index (κ3) is 4.90. The van der Waals surface area contributed by atoms with E-state index in [0.29, 0.717) is 11.5 Å². The molecule has 0 aliphatic heterocycles. The van der Waals surface area contributed by atoms with Crippen LogP contribution in [-0.4, -0.2) is 18.1 Å². The molecule has 8 rings (SSSR count). The Kier molecular flexibility index (Phi) is 7.27. The number of hydrogen-bond donors (Lipinski definition) is 1. The van der Waals surface area contributed by atoms with Gasteiger partial charge in [0.15, 0.2) is 0 Å². The predicted molar refractivity (Wildman–Crippen MR) is 163 cm³/mol. The summed E-state index contributed by atoms with van der Waals surface area (Å²) in [6.45, 7) is 9.69. The molecule has 0 radical (unpaired) electrons. The van der Waals surface area contributed by atoms with E-state index in [4.69, 9.17) is 0 Å². The minimum atomic E-state index is -2.25. The van der Waals surface area contributed by atoms with Gasteiger partial charge in [-0.1, -0.05) is 60.7 Å². The van der Waals surface area contributed by atoms with Crippen molar-refractivity contribution >= 4 is 17.0 Å². The minimum Gasteiger partial charge on any atom is -0.0622 e. The summed E-state index contributed by atoms with van der Waals surface area (Å²) in [5.74, 6) is 4.01. The Morgan fingerprint density at radius 1 is 0.684 bits per heavy atom. The molecule has 0 amide bonds. The van der Waals surface area contributed by atoms with Crippen LogP contribution in [0.15, 0.2) is 112 Å². The fraction of sp³-hybridized carbons (Fsp3) is 0.371. The van der Waals surface area contributed by atoms with Crippen LogP contribution in [0.4, 0.5) is 0 Å². The van der Waals surface area contributed by atoms with Crippen LogP contribution in [0.2, 0.25) is 5.23 Å². The number of nitrogens with one attached hydrogen (secondary N) is 1. The molecule has 196 valence electrons. The second-order valence-corrected chi connectivity index (χ2v) is 35.8. The molecule has 1 nitrogen and oxygen atoms in total. The van der Waals surface area contributed by atoms with E-state index in [2.05, 4.69) is 116 Å². The summed E-state index contributed by atoms with van der Waals surface area (Å²) < 4.78 is 8.24. The number of benzene rings is 3. The van der Waals surface area contributed by atoms with E-state index in [9.17, 15) is 0 Å². The van der Waals surface area contributed by atoms with Crippen molar-refractivity contribution in [2.24, 2.45) is 23.7 Å². The first kappa shape index (κ1) is 26.6. The average molecular weight is 598 g/mol. The van der Waals surface area contributed by atoms with Crippen molar-refractivity contribution in [1.82, 2.24) is 3.80 Å². The zero-order valence-electron chi connectivity index (χ0n) is 23.8. The SMILES string of the molecule is CC1=C(C)C(C)[C]([Ti]([CH3])([NH]C23CC4C(C2)C4C3)[GeH2][c]2ccccc2)=C1C.c1ccc(-c2ccccc2)cc1. The van der Waals surface area contributed by atoms with Crippen molar-refractivity contribution in [2.75, 3.05) is 0 Å². The van der Waals surface area contributed by atoms with E-state index in [0.717, 1.165) is 17.8 Å². The maximum atomic E-state index is 4.60. The first-order valence-electron chi connectivity index (χ1n) is 14.6. The monoisotopic (exact) mass is 599 g/mol. The third-order valence-electron chi connectivity index (χ3n) is 10.4. The maximum absolute atomic E-state index is 4.60. The molecule has 4 saturated carbocycles. The van der Waals surface area contributed by atoms with Crippen molar-refractivity contribution in [3.63, 3.8) is 0 Å². The largest absolute Gasteiger partial charge is 0.0622 e. The zero-order valence-corrected chi connectivity index (χ0v) is 28.3. The Balaban J connectivity index is 0.000000184. The van der Waals surface area contributed by atoms with E-state index in [-0.39, 0.29) is 0 Å². The van der Waals surface area contributed by atoms with Gasteiger partial charge in [0.25, 0.3) is 0 Å². The molecule has 0 saturated heterocycles. The van der Waals surface area contributed by atoms with Crippen LogP contribution in [0.25, 0.3) is 11.1 Å². The number of allylic oxidation sites excluding steroid dienone is 4. The average Bonchev–Trinajstić information content (AvgIpc) is 3.32. The van der Waals surface area contributed by atoms with Gasteiger partial charge in [-0.15, -0.1) is 0 Å². The number of rotatable bonds is 6. The zero-order chi connectivity index (χ0) is 26.5. The Bertz CT molecular complexity index is 1290. The normalized spacial score (nSPS) is 30.6. The summed E-state index contributed by atoms with van der Waals surface area (Å²) in [6, 6.07) is 32.4. The van der Waals surface area contributed by atoms with Crippen molar-refractivity contribution in [3.8, 4) is 11.1 Å². The van der Waals surface area contributed by atoms with Gasteiger partial charge in [-0.2, -0.15) is 0 Å². The first-order chi connectivity index (χ1) is 18.3. The van der Waals surface area contributed by atoms with E-state index >= 15 is 0 Å². The van der Waals surface area contributed by atoms with Crippen LogP contribution in [-0.2, 0) is 14.6 Å². The Labute approximate surface area is 238 Å². The first-order valence-corrected chi connectivity index (χ1v) is 26.5. The van der Waals surface area contributed by atoms with Crippen LogP contribution < -0.4 is 8.19 Å². The van der Waals surface area contributed by atoms with Crippen molar-refractivity contribution in [1.29, 1.82) is 0 Å². The second kappa shape index (κ2) is 10.4. The van der Waals surface area contributed by atoms with E-state index in [1.807, 2.05) is 16.0 Å². The van der Waals surface area contributed by atoms with E-state index < -0.39 is 27.2 Å². The van der Waals surface area contributed by atoms with Crippen molar-refractivity contribution in [3.05, 3.63) is 112 Å². The molecule has 38 heavy (non-hydrogen) atoms. The summed E-state index contributed by atoms with van der Waals surface area (Å²) in [5, 5.41) is 2.77. The predicted octanol–water partition coefficient (Wildman–Crippen LogP) is 7.51. The molecular formula is C35H43GeNTi. The van der Waals surface area contributed by atoms with Gasteiger partial charge in [0.2, 0.25) is 0 Å². The standard InChI is InChI=1S/C12H10.C9H13.C7H10N.C6H7Ge.CH3.Ti/c1-3-7-11(8-4-1)12-9-5-2-6-10-12;1-6-5-7(2)9(4)8(6)3;8-7-1-4-5(2-7)6(4)3-7;7-6-4-2-1-3-5-6;;/h1-10H;6H,1-4H3;4-6,8H,1-3H2;1-5H,7H2;1H3;/q;;-1;;;+1. The van der Waals surface area contributed by atoms with Gasteiger partial charge in [-0.05, 0) is 11.1 Å². The van der Waals surface area contributed by atoms with Gasteiger partial charge in [-0.3, -0.25) is 0 Å². The van der Waals surface area contributed by atoms with Crippen LogP contribution in [0.1, 0.15) is 47.0 Å². The molecule has 4 fully saturated rings. The van der Waals surface area contributed by atoms with Gasteiger partial charge in [0.1, 0.15) is 0 Å². The molecular weight excluding hydrogens is 555 g/mol. The molecule has 0 aromatic heterocycles. The van der Waals surface area contributed by atoms with Gasteiger partial charge in [-0.25, -0.2) is 0 Å². The molecule has 3 heteroatoms. The summed E-state index contributed by atoms with van der Waals surface area (Å²) in [4.78, 5) is 0.